The highest BCUT2D eigenvalue weighted by atomic mass is 35.5. The molecular weight excluding hydrogens is 365 g/mol. The maximum absolute atomic E-state index is 12.5. The molecule has 11 heteroatoms. The number of nitrogens with zero attached hydrogens (tertiary/aromatic N) is 4. The highest BCUT2D eigenvalue weighted by molar-refractivity contribution is 7.89. The number of hydrogen-bond acceptors (Lipinski definition) is 5. The summed E-state index contributed by atoms with van der Waals surface area (Å²) in [6, 6.07) is 3.95. The molecule has 1 aliphatic rings. The molecule has 0 aliphatic carbocycles. The Hall–Kier alpha value is -1.68. The van der Waals surface area contributed by atoms with Crippen molar-refractivity contribution in [3.05, 3.63) is 40.1 Å². The second kappa shape index (κ2) is 5.75. The minimum Gasteiger partial charge on any atom is -0.364 e. The van der Waals surface area contributed by atoms with Crippen LogP contribution in [0.15, 0.2) is 29.3 Å². The van der Waals surface area contributed by atoms with Crippen molar-refractivity contribution in [3.63, 3.8) is 0 Å². The third kappa shape index (κ3) is 2.92. The monoisotopic (exact) mass is 375 g/mol. The summed E-state index contributed by atoms with van der Waals surface area (Å²) < 4.78 is 27.7. The van der Waals surface area contributed by atoms with Gasteiger partial charge in [0.2, 0.25) is 10.0 Å². The van der Waals surface area contributed by atoms with Gasteiger partial charge in [-0.25, -0.2) is 13.1 Å². The number of halogens is 2. The number of amides is 1. The van der Waals surface area contributed by atoms with Gasteiger partial charge in [0, 0.05) is 13.1 Å². The molecule has 1 saturated heterocycles. The van der Waals surface area contributed by atoms with E-state index >= 15 is 0 Å². The fraction of sp³-hybridized carbons (Fsp3) is 0.250. The zero-order valence-electron chi connectivity index (χ0n) is 11.6. The van der Waals surface area contributed by atoms with Crippen LogP contribution in [0.2, 0.25) is 10.0 Å². The van der Waals surface area contributed by atoms with Crippen molar-refractivity contribution in [2.75, 3.05) is 13.1 Å². The SMILES string of the molecule is NC(=O)c1cn(C2CN(S(=O)(=O)c3ccc(Cl)c(Cl)c3)C2)nn1. The number of carbonyl (C=O) groups is 1. The standard InChI is InChI=1S/C12H11Cl2N5O3S/c13-9-2-1-8(3-10(9)14)23(21,22)18-4-7(5-18)19-6-11(12(15)20)16-17-19/h1-3,6-7H,4-5H2,(H2,15,20). The Kier molecular flexibility index (Phi) is 4.05. The van der Waals surface area contributed by atoms with Gasteiger partial charge in [0.25, 0.3) is 5.91 Å². The minimum atomic E-state index is -3.65. The van der Waals surface area contributed by atoms with E-state index in [4.69, 9.17) is 28.9 Å². The lowest BCUT2D eigenvalue weighted by atomic mass is 10.2. The van der Waals surface area contributed by atoms with Gasteiger partial charge in [-0.3, -0.25) is 4.79 Å². The zero-order valence-corrected chi connectivity index (χ0v) is 13.9. The number of carbonyl (C=O) groups excluding carboxylic acids is 1. The first-order chi connectivity index (χ1) is 10.8. The van der Waals surface area contributed by atoms with E-state index in [-0.39, 0.29) is 39.8 Å². The molecule has 0 bridgehead atoms. The van der Waals surface area contributed by atoms with Crippen molar-refractivity contribution in [1.82, 2.24) is 19.3 Å². The number of primary amides is 1. The van der Waals surface area contributed by atoms with Crippen LogP contribution in [0.3, 0.4) is 0 Å². The van der Waals surface area contributed by atoms with Crippen molar-refractivity contribution >= 4 is 39.1 Å². The molecule has 2 N–H and O–H groups in total. The van der Waals surface area contributed by atoms with Crippen molar-refractivity contribution in [2.45, 2.75) is 10.9 Å². The van der Waals surface area contributed by atoms with E-state index < -0.39 is 15.9 Å². The summed E-state index contributed by atoms with van der Waals surface area (Å²) in [6.45, 7) is 0.425. The van der Waals surface area contributed by atoms with Gasteiger partial charge in [-0.2, -0.15) is 4.31 Å². The Balaban J connectivity index is 1.74. The maximum Gasteiger partial charge on any atom is 0.270 e. The molecule has 3 rings (SSSR count). The van der Waals surface area contributed by atoms with Gasteiger partial charge in [0.15, 0.2) is 5.69 Å². The third-order valence-corrected chi connectivity index (χ3v) is 6.06. The van der Waals surface area contributed by atoms with Gasteiger partial charge in [-0.1, -0.05) is 28.4 Å². The fourth-order valence-electron chi connectivity index (χ4n) is 2.13. The minimum absolute atomic E-state index is 0.0378. The Morgan fingerprint density at radius 2 is 1.96 bits per heavy atom. The van der Waals surface area contributed by atoms with Crippen molar-refractivity contribution < 1.29 is 13.2 Å². The van der Waals surface area contributed by atoms with Gasteiger partial charge < -0.3 is 5.73 Å². The molecule has 1 amide bonds. The first-order valence-electron chi connectivity index (χ1n) is 6.46. The van der Waals surface area contributed by atoms with Gasteiger partial charge in [0.05, 0.1) is 27.2 Å². The largest absolute Gasteiger partial charge is 0.364 e. The number of sulfonamides is 1. The van der Waals surface area contributed by atoms with Crippen LogP contribution in [-0.4, -0.2) is 46.7 Å². The first kappa shape index (κ1) is 16.2. The van der Waals surface area contributed by atoms with E-state index in [0.717, 1.165) is 0 Å². The maximum atomic E-state index is 12.5. The molecular formula is C12H11Cl2N5O3S. The normalized spacial score (nSPS) is 16.3. The molecule has 122 valence electrons. The van der Waals surface area contributed by atoms with E-state index in [9.17, 15) is 13.2 Å². The van der Waals surface area contributed by atoms with Crippen LogP contribution in [0.25, 0.3) is 0 Å². The molecule has 1 aromatic heterocycles. The van der Waals surface area contributed by atoms with E-state index in [1.165, 1.54) is 33.4 Å². The molecule has 1 fully saturated rings. The summed E-state index contributed by atoms with van der Waals surface area (Å²) >= 11 is 11.7. The van der Waals surface area contributed by atoms with Crippen molar-refractivity contribution in [2.24, 2.45) is 5.73 Å². The average molecular weight is 376 g/mol. The fourth-order valence-corrected chi connectivity index (χ4v) is 4.04. The van der Waals surface area contributed by atoms with Crippen LogP contribution < -0.4 is 5.73 Å². The number of aromatic nitrogens is 3. The van der Waals surface area contributed by atoms with Crippen LogP contribution >= 0.6 is 23.2 Å². The number of nitrogens with two attached hydrogens (primary N) is 1. The summed E-state index contributed by atoms with van der Waals surface area (Å²) in [7, 11) is -3.65. The quantitative estimate of drug-likeness (QED) is 0.853. The Bertz CT molecular complexity index is 877. The van der Waals surface area contributed by atoms with Crippen molar-refractivity contribution in [3.8, 4) is 0 Å². The zero-order chi connectivity index (χ0) is 16.8. The van der Waals surface area contributed by atoms with Crippen molar-refractivity contribution in [1.29, 1.82) is 0 Å². The first-order valence-corrected chi connectivity index (χ1v) is 8.65. The number of rotatable bonds is 4. The predicted octanol–water partition coefficient (Wildman–Crippen LogP) is 0.929. The van der Waals surface area contributed by atoms with Gasteiger partial charge in [-0.15, -0.1) is 5.10 Å². The van der Waals surface area contributed by atoms with Gasteiger partial charge in [-0.05, 0) is 18.2 Å². The molecule has 0 unspecified atom stereocenters. The Morgan fingerprint density at radius 1 is 1.26 bits per heavy atom. The van der Waals surface area contributed by atoms with E-state index in [1.54, 1.807) is 0 Å². The van der Waals surface area contributed by atoms with Gasteiger partial charge in [0.1, 0.15) is 0 Å². The number of hydrogen-bond donors (Lipinski definition) is 1. The second-order valence-electron chi connectivity index (χ2n) is 5.00. The highest BCUT2D eigenvalue weighted by Gasteiger charge is 2.38. The molecule has 0 saturated carbocycles. The van der Waals surface area contributed by atoms with E-state index in [0.29, 0.717) is 0 Å². The molecule has 2 aromatic rings. The lowest BCUT2D eigenvalue weighted by Gasteiger charge is -2.37. The summed E-state index contributed by atoms with van der Waals surface area (Å²) in [5.41, 5.74) is 5.14. The summed E-state index contributed by atoms with van der Waals surface area (Å²) in [5, 5.41) is 7.86. The molecule has 1 aliphatic heterocycles. The molecule has 1 aromatic carbocycles. The van der Waals surface area contributed by atoms with E-state index in [1.807, 2.05) is 0 Å². The van der Waals surface area contributed by atoms with Crippen LogP contribution in [0.5, 0.6) is 0 Å². The van der Waals surface area contributed by atoms with Crippen LogP contribution in [0.4, 0.5) is 0 Å². The molecule has 23 heavy (non-hydrogen) atoms. The average Bonchev–Trinajstić information content (AvgIpc) is 2.89. The Labute approximate surface area is 141 Å². The smallest absolute Gasteiger partial charge is 0.270 e. The topological polar surface area (TPSA) is 111 Å². The molecule has 8 nitrogen and oxygen atoms in total. The van der Waals surface area contributed by atoms with Gasteiger partial charge >= 0.3 is 0 Å². The Morgan fingerprint density at radius 3 is 2.52 bits per heavy atom. The lowest BCUT2D eigenvalue weighted by Crippen LogP contribution is -2.50. The lowest BCUT2D eigenvalue weighted by molar-refractivity contribution is 0.0995. The third-order valence-electron chi connectivity index (χ3n) is 3.49. The molecule has 0 radical (unpaired) electrons. The summed E-state index contributed by atoms with van der Waals surface area (Å²) in [4.78, 5) is 11.1. The second-order valence-corrected chi connectivity index (χ2v) is 7.75. The molecule has 0 atom stereocenters. The van der Waals surface area contributed by atoms with Crippen LogP contribution in [0.1, 0.15) is 16.5 Å². The molecule has 2 heterocycles. The highest BCUT2D eigenvalue weighted by Crippen LogP contribution is 2.31. The number of benzene rings is 1. The van der Waals surface area contributed by atoms with Crippen LogP contribution in [-0.2, 0) is 10.0 Å². The molecule has 0 spiro atoms. The van der Waals surface area contributed by atoms with Crippen LogP contribution in [0, 0.1) is 0 Å². The van der Waals surface area contributed by atoms with E-state index in [2.05, 4.69) is 10.3 Å². The summed E-state index contributed by atoms with van der Waals surface area (Å²) in [6.07, 6.45) is 1.40. The summed E-state index contributed by atoms with van der Waals surface area (Å²) in [5.74, 6) is -0.684. The predicted molar refractivity (Wildman–Crippen MR) is 82.8 cm³/mol.